The molecule has 0 saturated carbocycles. The summed E-state index contributed by atoms with van der Waals surface area (Å²) in [7, 11) is 0. The first-order valence-electron chi connectivity index (χ1n) is 3.76. The Labute approximate surface area is 62.7 Å². The molecule has 1 atom stereocenters. The Morgan fingerprint density at radius 3 is 1.90 bits per heavy atom. The summed E-state index contributed by atoms with van der Waals surface area (Å²) in [5, 5.41) is 0. The molecule has 0 aromatic carbocycles. The first kappa shape index (κ1) is 8.02. The predicted octanol–water partition coefficient (Wildman–Crippen LogP) is 1.15. The number of nitrogens with two attached hydrogens (primary N) is 1. The lowest BCUT2D eigenvalue weighted by atomic mass is 9.81. The molecule has 0 aromatic heterocycles. The Hall–Kier alpha value is -0.0800. The van der Waals surface area contributed by atoms with Gasteiger partial charge in [-0.1, -0.05) is 13.8 Å². The van der Waals surface area contributed by atoms with E-state index < -0.39 is 0 Å². The van der Waals surface area contributed by atoms with Gasteiger partial charge in [0.25, 0.3) is 0 Å². The Morgan fingerprint density at radius 1 is 1.30 bits per heavy atom. The first-order valence-corrected chi connectivity index (χ1v) is 3.76. The van der Waals surface area contributed by atoms with Gasteiger partial charge in [-0.05, 0) is 13.8 Å². The highest BCUT2D eigenvalue weighted by molar-refractivity contribution is 4.99. The fraction of sp³-hybridized carbons (Fsp3) is 1.00. The maximum atomic E-state index is 5.97. The van der Waals surface area contributed by atoms with Crippen LogP contribution < -0.4 is 5.73 Å². The smallest absolute Gasteiger partial charge is 0.0783 e. The summed E-state index contributed by atoms with van der Waals surface area (Å²) in [6.07, 6.45) is 0. The average molecular weight is 143 g/mol. The van der Waals surface area contributed by atoms with E-state index in [1.807, 2.05) is 13.8 Å². The van der Waals surface area contributed by atoms with E-state index in [0.717, 1.165) is 6.61 Å². The van der Waals surface area contributed by atoms with E-state index in [-0.39, 0.29) is 17.1 Å². The zero-order valence-corrected chi connectivity index (χ0v) is 7.27. The summed E-state index contributed by atoms with van der Waals surface area (Å²) in [5.41, 5.74) is 5.97. The fourth-order valence-corrected chi connectivity index (χ4v) is 1.49. The van der Waals surface area contributed by atoms with Gasteiger partial charge in [-0.2, -0.15) is 0 Å². The molecule has 1 rings (SSSR count). The van der Waals surface area contributed by atoms with Crippen LogP contribution in [0.2, 0.25) is 0 Å². The van der Waals surface area contributed by atoms with Crippen molar-refractivity contribution in [2.24, 2.45) is 11.1 Å². The zero-order valence-electron chi connectivity index (χ0n) is 7.27. The molecule has 2 heteroatoms. The molecule has 0 amide bonds. The second kappa shape index (κ2) is 1.95. The topological polar surface area (TPSA) is 35.2 Å². The third kappa shape index (κ3) is 1.06. The molecule has 60 valence electrons. The minimum Gasteiger partial charge on any atom is -0.373 e. The monoisotopic (exact) mass is 143 g/mol. The normalized spacial score (nSPS) is 36.3. The molecule has 10 heavy (non-hydrogen) atoms. The Morgan fingerprint density at radius 2 is 1.80 bits per heavy atom. The van der Waals surface area contributed by atoms with Gasteiger partial charge < -0.3 is 10.5 Å². The first-order chi connectivity index (χ1) is 4.36. The number of rotatable bonds is 0. The van der Waals surface area contributed by atoms with Gasteiger partial charge in [0.15, 0.2) is 0 Å². The number of ether oxygens (including phenoxy) is 1. The predicted molar refractivity (Wildman–Crippen MR) is 41.8 cm³/mol. The highest BCUT2D eigenvalue weighted by Crippen LogP contribution is 2.36. The summed E-state index contributed by atoms with van der Waals surface area (Å²) in [4.78, 5) is 0. The average Bonchev–Trinajstić information content (AvgIpc) is 1.95. The van der Waals surface area contributed by atoms with Gasteiger partial charge in [0.2, 0.25) is 0 Å². The van der Waals surface area contributed by atoms with E-state index in [1.165, 1.54) is 0 Å². The van der Waals surface area contributed by atoms with Gasteiger partial charge in [-0.15, -0.1) is 0 Å². The summed E-state index contributed by atoms with van der Waals surface area (Å²) in [6.45, 7) is 9.17. The van der Waals surface area contributed by atoms with Crippen molar-refractivity contribution in [2.45, 2.75) is 39.3 Å². The van der Waals surface area contributed by atoms with Crippen molar-refractivity contribution in [2.75, 3.05) is 6.61 Å². The molecule has 0 bridgehead atoms. The number of hydrogen-bond acceptors (Lipinski definition) is 2. The molecule has 0 aromatic rings. The third-order valence-corrected chi connectivity index (χ3v) is 2.41. The van der Waals surface area contributed by atoms with E-state index in [4.69, 9.17) is 10.5 Å². The maximum absolute atomic E-state index is 5.97. The van der Waals surface area contributed by atoms with Gasteiger partial charge in [-0.25, -0.2) is 0 Å². The van der Waals surface area contributed by atoms with Crippen molar-refractivity contribution in [3.05, 3.63) is 0 Å². The van der Waals surface area contributed by atoms with E-state index in [1.54, 1.807) is 0 Å². The summed E-state index contributed by atoms with van der Waals surface area (Å²) in [6, 6.07) is 0.153. The van der Waals surface area contributed by atoms with Gasteiger partial charge in [0.05, 0.1) is 12.2 Å². The van der Waals surface area contributed by atoms with Crippen molar-refractivity contribution < 1.29 is 4.74 Å². The molecule has 1 fully saturated rings. The van der Waals surface area contributed by atoms with Gasteiger partial charge in [-0.3, -0.25) is 0 Å². The fourth-order valence-electron chi connectivity index (χ4n) is 1.49. The largest absolute Gasteiger partial charge is 0.373 e. The van der Waals surface area contributed by atoms with Gasteiger partial charge in [0.1, 0.15) is 0 Å². The van der Waals surface area contributed by atoms with Crippen LogP contribution in [0.3, 0.4) is 0 Å². The lowest BCUT2D eigenvalue weighted by Gasteiger charge is -2.28. The van der Waals surface area contributed by atoms with E-state index in [9.17, 15) is 0 Å². The molecule has 1 saturated heterocycles. The Balaban J connectivity index is 2.77. The van der Waals surface area contributed by atoms with Crippen LogP contribution >= 0.6 is 0 Å². The van der Waals surface area contributed by atoms with Crippen LogP contribution in [0.1, 0.15) is 27.7 Å². The molecule has 1 unspecified atom stereocenters. The van der Waals surface area contributed by atoms with Crippen molar-refractivity contribution in [1.82, 2.24) is 0 Å². The molecular weight excluding hydrogens is 126 g/mol. The van der Waals surface area contributed by atoms with Crippen LogP contribution in [0.15, 0.2) is 0 Å². The number of hydrogen-bond donors (Lipinski definition) is 1. The van der Waals surface area contributed by atoms with E-state index >= 15 is 0 Å². The highest BCUT2D eigenvalue weighted by atomic mass is 16.5. The summed E-state index contributed by atoms with van der Waals surface area (Å²) in [5.74, 6) is 0. The summed E-state index contributed by atoms with van der Waals surface area (Å²) >= 11 is 0. The van der Waals surface area contributed by atoms with E-state index in [0.29, 0.717) is 0 Å². The minimum absolute atomic E-state index is 0.135. The lowest BCUT2D eigenvalue weighted by Crippen LogP contribution is -2.46. The van der Waals surface area contributed by atoms with Crippen LogP contribution in [-0.4, -0.2) is 18.2 Å². The molecule has 1 heterocycles. The SMILES string of the molecule is CC1(C)COC(C)(C)C1N. The minimum atomic E-state index is -0.135. The van der Waals surface area contributed by atoms with Crippen LogP contribution in [0.5, 0.6) is 0 Å². The van der Waals surface area contributed by atoms with Crippen LogP contribution in [0.25, 0.3) is 0 Å². The van der Waals surface area contributed by atoms with Crippen molar-refractivity contribution in [3.63, 3.8) is 0 Å². The van der Waals surface area contributed by atoms with Crippen molar-refractivity contribution >= 4 is 0 Å². The molecular formula is C8H17NO. The van der Waals surface area contributed by atoms with Gasteiger partial charge >= 0.3 is 0 Å². The lowest BCUT2D eigenvalue weighted by molar-refractivity contribution is 0.0264. The van der Waals surface area contributed by atoms with E-state index in [2.05, 4.69) is 13.8 Å². The van der Waals surface area contributed by atoms with Crippen molar-refractivity contribution in [1.29, 1.82) is 0 Å². The van der Waals surface area contributed by atoms with Gasteiger partial charge in [0, 0.05) is 11.5 Å². The molecule has 0 radical (unpaired) electrons. The molecule has 0 spiro atoms. The third-order valence-electron chi connectivity index (χ3n) is 2.41. The second-order valence-corrected chi connectivity index (χ2v) is 4.36. The van der Waals surface area contributed by atoms with Crippen LogP contribution in [-0.2, 0) is 4.74 Å². The van der Waals surface area contributed by atoms with Crippen LogP contribution in [0.4, 0.5) is 0 Å². The molecule has 2 nitrogen and oxygen atoms in total. The summed E-state index contributed by atoms with van der Waals surface area (Å²) < 4.78 is 5.54. The standard InChI is InChI=1S/C8H17NO/c1-7(2)5-10-8(3,4)6(7)9/h6H,5,9H2,1-4H3. The molecule has 2 N–H and O–H groups in total. The molecule has 1 aliphatic rings. The zero-order chi connectivity index (χ0) is 7.99. The molecule has 1 aliphatic heterocycles. The molecule has 0 aliphatic carbocycles. The van der Waals surface area contributed by atoms with Crippen molar-refractivity contribution in [3.8, 4) is 0 Å². The second-order valence-electron chi connectivity index (χ2n) is 4.36. The Bertz CT molecular complexity index is 124. The quantitative estimate of drug-likeness (QED) is 0.552. The maximum Gasteiger partial charge on any atom is 0.0783 e. The highest BCUT2D eigenvalue weighted by Gasteiger charge is 2.45. The van der Waals surface area contributed by atoms with Crippen LogP contribution in [0, 0.1) is 5.41 Å². The Kier molecular flexibility index (Phi) is 1.57.